The van der Waals surface area contributed by atoms with Gasteiger partial charge in [-0.2, -0.15) is 5.10 Å². The Kier molecular flexibility index (Phi) is 7.48. The topological polar surface area (TPSA) is 101 Å². The number of anilines is 3. The van der Waals surface area contributed by atoms with Crippen LogP contribution >= 0.6 is 0 Å². The molecule has 5 rings (SSSR count). The molecule has 0 spiro atoms. The summed E-state index contributed by atoms with van der Waals surface area (Å²) in [5, 5.41) is 12.9. The number of rotatable bonds is 9. The third-order valence-electron chi connectivity index (χ3n) is 7.45. The number of carbonyl (C=O) groups excluding carboxylic acids is 2. The average molecular weight is 505 g/mol. The minimum Gasteiger partial charge on any atom is -0.353 e. The smallest absolute Gasteiger partial charge is 0.252 e. The first-order valence-corrected chi connectivity index (χ1v) is 13.1. The molecule has 0 unspecified atom stereocenters. The molecular formula is C28H33FN6O2. The number of hydrogen-bond acceptors (Lipinski definition) is 5. The Morgan fingerprint density at radius 2 is 1.89 bits per heavy atom. The van der Waals surface area contributed by atoms with Crippen LogP contribution in [0.25, 0.3) is 0 Å². The molecule has 3 aromatic rings. The number of nitrogens with zero attached hydrogens (tertiary/aromatic N) is 3. The van der Waals surface area contributed by atoms with Crippen molar-refractivity contribution >= 4 is 28.9 Å². The standard InChI is InChI=1S/C28H33FN6O2/c1-35-17-22(16-31-35)33-28(37)26(13-18-5-2-3-6-18)34-27(36)20-9-10-23(29)25(14-20)32-21-11-12-30-24(15-21)19-7-4-8-19/h9-12,14-19,26H,2-8,13H2,1H3,(H,30,32)(H,33,37)(H,34,36)/t26-/m0/s1. The van der Waals surface area contributed by atoms with Crippen molar-refractivity contribution in [2.24, 2.45) is 13.0 Å². The van der Waals surface area contributed by atoms with E-state index < -0.39 is 17.8 Å². The lowest BCUT2D eigenvalue weighted by atomic mass is 9.82. The fraction of sp³-hybridized carbons (Fsp3) is 0.429. The highest BCUT2D eigenvalue weighted by atomic mass is 19.1. The van der Waals surface area contributed by atoms with E-state index in [2.05, 4.69) is 26.0 Å². The van der Waals surface area contributed by atoms with E-state index >= 15 is 0 Å². The maximum absolute atomic E-state index is 14.7. The van der Waals surface area contributed by atoms with Crippen molar-refractivity contribution in [2.45, 2.75) is 63.3 Å². The Hall–Kier alpha value is -3.75. The average Bonchev–Trinajstić information content (AvgIpc) is 3.50. The molecule has 0 saturated heterocycles. The maximum Gasteiger partial charge on any atom is 0.252 e. The summed E-state index contributed by atoms with van der Waals surface area (Å²) in [4.78, 5) is 30.8. The van der Waals surface area contributed by atoms with Gasteiger partial charge in [-0.15, -0.1) is 0 Å². The molecule has 3 N–H and O–H groups in total. The lowest BCUT2D eigenvalue weighted by Gasteiger charge is -2.25. The molecule has 2 aromatic heterocycles. The summed E-state index contributed by atoms with van der Waals surface area (Å²) in [5.41, 5.74) is 2.78. The number of benzene rings is 1. The lowest BCUT2D eigenvalue weighted by Crippen LogP contribution is -2.44. The Morgan fingerprint density at radius 3 is 2.59 bits per heavy atom. The van der Waals surface area contributed by atoms with Crippen molar-refractivity contribution in [1.82, 2.24) is 20.1 Å². The van der Waals surface area contributed by atoms with E-state index in [9.17, 15) is 14.0 Å². The van der Waals surface area contributed by atoms with Crippen LogP contribution in [-0.2, 0) is 11.8 Å². The van der Waals surface area contributed by atoms with Gasteiger partial charge >= 0.3 is 0 Å². The molecule has 37 heavy (non-hydrogen) atoms. The fourth-order valence-electron chi connectivity index (χ4n) is 5.14. The van der Waals surface area contributed by atoms with Crippen LogP contribution in [0.4, 0.5) is 21.5 Å². The number of carbonyl (C=O) groups is 2. The number of hydrogen-bond donors (Lipinski definition) is 3. The SMILES string of the molecule is Cn1cc(NC(=O)[C@H](CC2CCCC2)NC(=O)c2ccc(F)c(Nc3ccnc(C4CCC4)c3)c2)cn1. The Labute approximate surface area is 216 Å². The molecule has 2 aliphatic carbocycles. The van der Waals surface area contributed by atoms with Gasteiger partial charge in [0.1, 0.15) is 11.9 Å². The van der Waals surface area contributed by atoms with Crippen LogP contribution in [0.2, 0.25) is 0 Å². The summed E-state index contributed by atoms with van der Waals surface area (Å²) < 4.78 is 16.3. The Morgan fingerprint density at radius 1 is 1.08 bits per heavy atom. The van der Waals surface area contributed by atoms with Crippen LogP contribution in [0.1, 0.15) is 73.3 Å². The molecule has 2 heterocycles. The minimum atomic E-state index is -0.706. The summed E-state index contributed by atoms with van der Waals surface area (Å²) >= 11 is 0. The van der Waals surface area contributed by atoms with Crippen LogP contribution in [0.5, 0.6) is 0 Å². The second-order valence-electron chi connectivity index (χ2n) is 10.2. The molecule has 0 bridgehead atoms. The molecule has 2 aliphatic rings. The van der Waals surface area contributed by atoms with Crippen molar-refractivity contribution in [3.63, 3.8) is 0 Å². The normalized spacial score (nSPS) is 16.7. The van der Waals surface area contributed by atoms with Gasteiger partial charge in [-0.3, -0.25) is 19.3 Å². The van der Waals surface area contributed by atoms with Gasteiger partial charge in [-0.25, -0.2) is 4.39 Å². The molecule has 2 saturated carbocycles. The number of aromatic nitrogens is 3. The van der Waals surface area contributed by atoms with Crippen LogP contribution in [-0.4, -0.2) is 32.6 Å². The fourth-order valence-corrected chi connectivity index (χ4v) is 5.14. The van der Waals surface area contributed by atoms with Gasteiger partial charge in [0.2, 0.25) is 5.91 Å². The second-order valence-corrected chi connectivity index (χ2v) is 10.2. The van der Waals surface area contributed by atoms with Crippen LogP contribution in [0.15, 0.2) is 48.9 Å². The predicted octanol–water partition coefficient (Wildman–Crippen LogP) is 5.28. The van der Waals surface area contributed by atoms with E-state index in [4.69, 9.17) is 0 Å². The van der Waals surface area contributed by atoms with E-state index in [1.807, 2.05) is 6.07 Å². The summed E-state index contributed by atoms with van der Waals surface area (Å²) in [7, 11) is 1.77. The quantitative estimate of drug-likeness (QED) is 0.368. The molecule has 8 nitrogen and oxygen atoms in total. The zero-order valence-electron chi connectivity index (χ0n) is 21.0. The highest BCUT2D eigenvalue weighted by molar-refractivity contribution is 6.01. The Bertz CT molecular complexity index is 1270. The largest absolute Gasteiger partial charge is 0.353 e. The van der Waals surface area contributed by atoms with Crippen LogP contribution in [0.3, 0.4) is 0 Å². The van der Waals surface area contributed by atoms with Gasteiger partial charge in [0.25, 0.3) is 5.91 Å². The number of halogens is 1. The first-order valence-electron chi connectivity index (χ1n) is 13.1. The highest BCUT2D eigenvalue weighted by Crippen LogP contribution is 2.36. The van der Waals surface area contributed by atoms with E-state index in [0.29, 0.717) is 23.9 Å². The van der Waals surface area contributed by atoms with Gasteiger partial charge < -0.3 is 16.0 Å². The number of aryl methyl sites for hydroxylation is 1. The predicted molar refractivity (Wildman–Crippen MR) is 140 cm³/mol. The van der Waals surface area contributed by atoms with Crippen molar-refractivity contribution in [2.75, 3.05) is 10.6 Å². The van der Waals surface area contributed by atoms with E-state index in [1.165, 1.54) is 24.6 Å². The number of amides is 2. The van der Waals surface area contributed by atoms with E-state index in [-0.39, 0.29) is 17.2 Å². The van der Waals surface area contributed by atoms with Crippen LogP contribution < -0.4 is 16.0 Å². The van der Waals surface area contributed by atoms with E-state index in [1.54, 1.807) is 36.4 Å². The molecule has 9 heteroatoms. The molecule has 0 radical (unpaired) electrons. The second kappa shape index (κ2) is 11.1. The Balaban J connectivity index is 1.30. The summed E-state index contributed by atoms with van der Waals surface area (Å²) in [5.74, 6) is -0.327. The first-order chi connectivity index (χ1) is 17.9. The van der Waals surface area contributed by atoms with Gasteiger partial charge in [0, 0.05) is 42.3 Å². The molecule has 1 aromatic carbocycles. The molecule has 2 amide bonds. The summed E-state index contributed by atoms with van der Waals surface area (Å²) in [6.07, 6.45) is 13.4. The minimum absolute atomic E-state index is 0.200. The maximum atomic E-state index is 14.7. The summed E-state index contributed by atoms with van der Waals surface area (Å²) in [6.45, 7) is 0. The molecule has 194 valence electrons. The molecule has 1 atom stereocenters. The monoisotopic (exact) mass is 504 g/mol. The van der Waals surface area contributed by atoms with Gasteiger partial charge in [0.05, 0.1) is 17.6 Å². The zero-order chi connectivity index (χ0) is 25.8. The molecular weight excluding hydrogens is 471 g/mol. The van der Waals surface area contributed by atoms with Gasteiger partial charge in [0.15, 0.2) is 0 Å². The lowest BCUT2D eigenvalue weighted by molar-refractivity contribution is -0.118. The summed E-state index contributed by atoms with van der Waals surface area (Å²) in [6, 6.07) is 7.22. The van der Waals surface area contributed by atoms with Crippen molar-refractivity contribution < 1.29 is 14.0 Å². The zero-order valence-corrected chi connectivity index (χ0v) is 21.0. The van der Waals surface area contributed by atoms with Crippen molar-refractivity contribution in [3.8, 4) is 0 Å². The van der Waals surface area contributed by atoms with Gasteiger partial charge in [-0.05, 0) is 55.5 Å². The third-order valence-corrected chi connectivity index (χ3v) is 7.45. The molecule has 2 fully saturated rings. The van der Waals surface area contributed by atoms with Crippen LogP contribution in [0, 0.1) is 11.7 Å². The third kappa shape index (κ3) is 6.15. The molecule has 0 aliphatic heterocycles. The van der Waals surface area contributed by atoms with Crippen molar-refractivity contribution in [1.29, 1.82) is 0 Å². The highest BCUT2D eigenvalue weighted by Gasteiger charge is 2.28. The van der Waals surface area contributed by atoms with Gasteiger partial charge in [-0.1, -0.05) is 32.1 Å². The number of pyridine rings is 1. The first kappa shape index (κ1) is 24.9. The van der Waals surface area contributed by atoms with E-state index in [0.717, 1.165) is 49.9 Å². The number of nitrogens with one attached hydrogen (secondary N) is 3. The van der Waals surface area contributed by atoms with Crippen molar-refractivity contribution in [3.05, 3.63) is 66.0 Å².